The molecular weight excluding hydrogens is 226 g/mol. The van der Waals surface area contributed by atoms with Crippen LogP contribution in [0, 0.1) is 0 Å². The minimum Gasteiger partial charge on any atom is -0.504 e. The normalized spacial score (nSPS) is 24.7. The molecule has 0 radical (unpaired) electrons. The number of hydrogen-bond acceptors (Lipinski definition) is 3. The van der Waals surface area contributed by atoms with Crippen molar-refractivity contribution in [1.29, 1.82) is 0 Å². The second-order valence-electron chi connectivity index (χ2n) is 4.34. The van der Waals surface area contributed by atoms with E-state index in [0.717, 1.165) is 24.9 Å². The molecule has 0 saturated carbocycles. The highest BCUT2D eigenvalue weighted by Crippen LogP contribution is 2.44. The van der Waals surface area contributed by atoms with Gasteiger partial charge in [-0.25, -0.2) is 0 Å². The van der Waals surface area contributed by atoms with Crippen LogP contribution in [-0.4, -0.2) is 18.8 Å². The van der Waals surface area contributed by atoms with Crippen molar-refractivity contribution in [3.8, 4) is 11.5 Å². The van der Waals surface area contributed by atoms with Gasteiger partial charge in [-0.2, -0.15) is 0 Å². The Labute approximate surface area is 100 Å². The molecule has 1 aliphatic heterocycles. The molecule has 2 rings (SSSR count). The van der Waals surface area contributed by atoms with E-state index in [-0.39, 0.29) is 11.3 Å². The van der Waals surface area contributed by atoms with Crippen LogP contribution in [0.5, 0.6) is 11.5 Å². The molecule has 0 aromatic heterocycles. The molecule has 1 unspecified atom stereocenters. The molecule has 1 atom stereocenters. The lowest BCUT2D eigenvalue weighted by Crippen LogP contribution is -2.33. The highest BCUT2D eigenvalue weighted by Gasteiger charge is 2.35. The van der Waals surface area contributed by atoms with Gasteiger partial charge in [-0.05, 0) is 38.4 Å². The minimum atomic E-state index is -0.207. The van der Waals surface area contributed by atoms with Gasteiger partial charge in [0.25, 0.3) is 0 Å². The quantitative estimate of drug-likeness (QED) is 0.837. The van der Waals surface area contributed by atoms with Gasteiger partial charge in [-0.3, -0.25) is 0 Å². The summed E-state index contributed by atoms with van der Waals surface area (Å²) in [7, 11) is 1.55. The smallest absolute Gasteiger partial charge is 0.167 e. The van der Waals surface area contributed by atoms with Crippen LogP contribution in [0.2, 0.25) is 5.02 Å². The molecule has 0 bridgehead atoms. The molecule has 3 nitrogen and oxygen atoms in total. The van der Waals surface area contributed by atoms with Crippen molar-refractivity contribution in [3.05, 3.63) is 22.7 Å². The fraction of sp³-hybridized carbons (Fsp3) is 0.500. The molecule has 0 spiro atoms. The highest BCUT2D eigenvalue weighted by molar-refractivity contribution is 6.31. The molecule has 1 aliphatic rings. The van der Waals surface area contributed by atoms with Crippen molar-refractivity contribution in [1.82, 2.24) is 5.32 Å². The average molecular weight is 242 g/mol. The van der Waals surface area contributed by atoms with Gasteiger partial charge in [0.05, 0.1) is 7.11 Å². The number of benzene rings is 1. The Morgan fingerprint density at radius 2 is 2.25 bits per heavy atom. The first-order valence-electron chi connectivity index (χ1n) is 5.39. The Bertz CT molecular complexity index is 400. The summed E-state index contributed by atoms with van der Waals surface area (Å²) in [6.07, 6.45) is 2.10. The maximum atomic E-state index is 9.78. The largest absolute Gasteiger partial charge is 0.504 e. The second kappa shape index (κ2) is 4.15. The van der Waals surface area contributed by atoms with Gasteiger partial charge in [0.2, 0.25) is 0 Å². The molecule has 1 saturated heterocycles. The Balaban J connectivity index is 2.57. The number of hydrogen-bond donors (Lipinski definition) is 2. The summed E-state index contributed by atoms with van der Waals surface area (Å²) in [5, 5.41) is 13.8. The van der Waals surface area contributed by atoms with E-state index in [1.165, 1.54) is 0 Å². The number of nitrogens with one attached hydrogen (secondary N) is 1. The summed E-state index contributed by atoms with van der Waals surface area (Å²) in [6, 6.07) is 3.27. The molecule has 2 N–H and O–H groups in total. The van der Waals surface area contributed by atoms with Gasteiger partial charge in [0.15, 0.2) is 11.5 Å². The van der Waals surface area contributed by atoms with Crippen LogP contribution < -0.4 is 10.1 Å². The maximum Gasteiger partial charge on any atom is 0.167 e. The lowest BCUT2D eigenvalue weighted by atomic mass is 9.89. The molecular formula is C12H16ClNO2. The summed E-state index contributed by atoms with van der Waals surface area (Å²) in [5.41, 5.74) is 0.649. The number of methoxy groups -OCH3 is 1. The van der Waals surface area contributed by atoms with Crippen LogP contribution in [0.25, 0.3) is 0 Å². The van der Waals surface area contributed by atoms with Crippen molar-refractivity contribution in [2.24, 2.45) is 0 Å². The number of halogens is 1. The monoisotopic (exact) mass is 241 g/mol. The summed E-state index contributed by atoms with van der Waals surface area (Å²) in [5.74, 6) is 0.612. The van der Waals surface area contributed by atoms with E-state index < -0.39 is 0 Å². The molecule has 1 aromatic rings. The van der Waals surface area contributed by atoms with E-state index in [1.807, 2.05) is 0 Å². The van der Waals surface area contributed by atoms with Crippen molar-refractivity contribution >= 4 is 11.6 Å². The van der Waals surface area contributed by atoms with Crippen LogP contribution in [0.3, 0.4) is 0 Å². The van der Waals surface area contributed by atoms with E-state index in [4.69, 9.17) is 16.3 Å². The van der Waals surface area contributed by atoms with Gasteiger partial charge in [-0.15, -0.1) is 0 Å². The van der Waals surface area contributed by atoms with Crippen LogP contribution >= 0.6 is 11.6 Å². The first-order chi connectivity index (χ1) is 7.58. The molecule has 1 aromatic carbocycles. The summed E-state index contributed by atoms with van der Waals surface area (Å²) >= 11 is 6.22. The number of aromatic hydroxyl groups is 1. The third kappa shape index (κ3) is 1.74. The Kier molecular flexibility index (Phi) is 3.00. The molecule has 0 aliphatic carbocycles. The second-order valence-corrected chi connectivity index (χ2v) is 4.74. The Hall–Kier alpha value is -0.930. The lowest BCUT2D eigenvalue weighted by molar-refractivity contribution is 0.345. The topological polar surface area (TPSA) is 41.5 Å². The number of ether oxygens (including phenoxy) is 1. The predicted molar refractivity (Wildman–Crippen MR) is 64.3 cm³/mol. The maximum absolute atomic E-state index is 9.78. The van der Waals surface area contributed by atoms with Crippen molar-refractivity contribution in [2.45, 2.75) is 25.3 Å². The standard InChI is InChI=1S/C12H16ClNO2/c1-12(6-3-7-14-12)10-8(13)4-5-9(15)11(10)16-2/h4-5,14-15H,3,6-7H2,1-2H3. The minimum absolute atomic E-state index is 0.136. The van der Waals surface area contributed by atoms with E-state index in [9.17, 15) is 5.11 Å². The highest BCUT2D eigenvalue weighted by atomic mass is 35.5. The zero-order valence-corrected chi connectivity index (χ0v) is 10.3. The average Bonchev–Trinajstić information content (AvgIpc) is 2.69. The summed E-state index contributed by atoms with van der Waals surface area (Å²) < 4.78 is 5.26. The first kappa shape index (κ1) is 11.6. The van der Waals surface area contributed by atoms with E-state index in [1.54, 1.807) is 19.2 Å². The molecule has 16 heavy (non-hydrogen) atoms. The molecule has 88 valence electrons. The summed E-state index contributed by atoms with van der Waals surface area (Å²) in [4.78, 5) is 0. The first-order valence-corrected chi connectivity index (χ1v) is 5.77. The van der Waals surface area contributed by atoms with Crippen LogP contribution in [0.15, 0.2) is 12.1 Å². The molecule has 0 amide bonds. The number of phenolic OH excluding ortho intramolecular Hbond substituents is 1. The number of phenols is 1. The summed E-state index contributed by atoms with van der Waals surface area (Å²) in [6.45, 7) is 3.05. The fourth-order valence-corrected chi connectivity index (χ4v) is 2.73. The zero-order valence-electron chi connectivity index (χ0n) is 9.51. The predicted octanol–water partition coefficient (Wildman–Crippen LogP) is 2.65. The fourth-order valence-electron chi connectivity index (χ4n) is 2.38. The zero-order chi connectivity index (χ0) is 11.8. The van der Waals surface area contributed by atoms with Crippen molar-refractivity contribution in [2.75, 3.05) is 13.7 Å². The van der Waals surface area contributed by atoms with E-state index >= 15 is 0 Å². The third-order valence-corrected chi connectivity index (χ3v) is 3.53. The van der Waals surface area contributed by atoms with Crippen LogP contribution in [0.1, 0.15) is 25.3 Å². The van der Waals surface area contributed by atoms with Crippen LogP contribution in [0.4, 0.5) is 0 Å². The molecule has 1 fully saturated rings. The van der Waals surface area contributed by atoms with Crippen LogP contribution in [-0.2, 0) is 5.54 Å². The lowest BCUT2D eigenvalue weighted by Gasteiger charge is -2.28. The van der Waals surface area contributed by atoms with Crippen molar-refractivity contribution < 1.29 is 9.84 Å². The number of rotatable bonds is 2. The van der Waals surface area contributed by atoms with E-state index in [2.05, 4.69) is 12.2 Å². The van der Waals surface area contributed by atoms with Gasteiger partial charge in [-0.1, -0.05) is 11.6 Å². The SMILES string of the molecule is COc1c(O)ccc(Cl)c1C1(C)CCCN1. The van der Waals surface area contributed by atoms with Crippen molar-refractivity contribution in [3.63, 3.8) is 0 Å². The van der Waals surface area contributed by atoms with Gasteiger partial charge < -0.3 is 15.2 Å². The molecule has 1 heterocycles. The Morgan fingerprint density at radius 1 is 1.50 bits per heavy atom. The third-order valence-electron chi connectivity index (χ3n) is 3.21. The molecule has 4 heteroatoms. The van der Waals surface area contributed by atoms with E-state index in [0.29, 0.717) is 10.8 Å². The van der Waals surface area contributed by atoms with Gasteiger partial charge in [0, 0.05) is 16.1 Å². The van der Waals surface area contributed by atoms with Gasteiger partial charge in [0.1, 0.15) is 0 Å². The van der Waals surface area contributed by atoms with Gasteiger partial charge >= 0.3 is 0 Å². The Morgan fingerprint density at radius 3 is 2.81 bits per heavy atom.